The van der Waals surface area contributed by atoms with Crippen molar-refractivity contribution < 1.29 is 9.47 Å². The summed E-state index contributed by atoms with van der Waals surface area (Å²) in [6.45, 7) is 13.4. The molecular formula is C33H65N2O2PS. The van der Waals surface area contributed by atoms with E-state index < -0.39 is 6.34 Å². The molecule has 0 N–H and O–H groups in total. The van der Waals surface area contributed by atoms with E-state index in [1.54, 1.807) is 0 Å². The normalized spacial score (nSPS) is 28.2. The molecule has 2 unspecified atom stereocenters. The summed E-state index contributed by atoms with van der Waals surface area (Å²) in [4.78, 5) is 0. The summed E-state index contributed by atoms with van der Waals surface area (Å²) in [6.07, 6.45) is 25.3. The minimum atomic E-state index is -2.10. The molecule has 3 fully saturated rings. The summed E-state index contributed by atoms with van der Waals surface area (Å²) < 4.78 is 20.1. The Hall–Kier alpha value is 0.490. The number of nitrogens with zero attached hydrogens (tertiary/aromatic N) is 2. The molecule has 0 aromatic heterocycles. The third kappa shape index (κ3) is 10.0. The van der Waals surface area contributed by atoms with Gasteiger partial charge < -0.3 is 9.47 Å². The van der Waals surface area contributed by atoms with Gasteiger partial charge >= 0.3 is 0 Å². The van der Waals surface area contributed by atoms with Gasteiger partial charge in [-0.05, 0) is 38.5 Å². The maximum absolute atomic E-state index is 7.35. The Morgan fingerprint density at radius 3 is 1.08 bits per heavy atom. The highest BCUT2D eigenvalue weighted by Gasteiger charge is 2.48. The summed E-state index contributed by atoms with van der Waals surface area (Å²) in [6, 6.07) is 0. The number of ether oxygens (including phenoxy) is 2. The highest BCUT2D eigenvalue weighted by Crippen LogP contribution is 2.62. The van der Waals surface area contributed by atoms with Crippen LogP contribution in [0.5, 0.6) is 0 Å². The van der Waals surface area contributed by atoms with Crippen LogP contribution in [-0.2, 0) is 21.3 Å². The van der Waals surface area contributed by atoms with E-state index in [4.69, 9.17) is 21.3 Å². The zero-order valence-electron chi connectivity index (χ0n) is 26.4. The number of hydrogen-bond acceptors (Lipinski definition) is 3. The molecule has 3 saturated carbocycles. The van der Waals surface area contributed by atoms with Crippen LogP contribution >= 0.6 is 6.34 Å². The maximum Gasteiger partial charge on any atom is 0.0856 e. The fraction of sp³-hybridized carbons (Fsp3) is 1.00. The van der Waals surface area contributed by atoms with Gasteiger partial charge in [0.05, 0.1) is 36.4 Å². The fourth-order valence-electron chi connectivity index (χ4n) is 7.77. The molecule has 4 nitrogen and oxygen atoms in total. The van der Waals surface area contributed by atoms with Crippen molar-refractivity contribution in [2.45, 2.75) is 186 Å². The van der Waals surface area contributed by atoms with Gasteiger partial charge in [-0.1, -0.05) is 129 Å². The number of hydrogen-bond donors (Lipinski definition) is 0. The summed E-state index contributed by atoms with van der Waals surface area (Å²) in [5, 5.41) is 0. The molecule has 0 amide bonds. The lowest BCUT2D eigenvalue weighted by atomic mass is 10.0. The first-order chi connectivity index (χ1) is 19.1. The first kappa shape index (κ1) is 34.0. The van der Waals surface area contributed by atoms with Crippen LogP contribution in [0.3, 0.4) is 0 Å². The van der Waals surface area contributed by atoms with E-state index in [-0.39, 0.29) is 12.2 Å². The van der Waals surface area contributed by atoms with Crippen LogP contribution < -0.4 is 0 Å². The second kappa shape index (κ2) is 18.9. The topological polar surface area (TPSA) is 24.9 Å². The van der Waals surface area contributed by atoms with E-state index in [0.29, 0.717) is 17.9 Å². The average Bonchev–Trinajstić information content (AvgIpc) is 3.01. The van der Waals surface area contributed by atoms with Gasteiger partial charge in [-0.3, -0.25) is 9.34 Å². The van der Waals surface area contributed by atoms with Gasteiger partial charge in [0.15, 0.2) is 0 Å². The molecule has 0 bridgehead atoms. The van der Waals surface area contributed by atoms with Crippen molar-refractivity contribution in [1.82, 2.24) is 9.34 Å². The van der Waals surface area contributed by atoms with Gasteiger partial charge in [-0.25, -0.2) is 0 Å². The molecule has 2 atom stereocenters. The largest absolute Gasteiger partial charge is 0.374 e. The summed E-state index contributed by atoms with van der Waals surface area (Å²) in [7, 11) is 0. The van der Waals surface area contributed by atoms with Crippen molar-refractivity contribution in [2.24, 2.45) is 0 Å². The Kier molecular flexibility index (Phi) is 16.5. The molecule has 0 heterocycles. The molecule has 6 heteroatoms. The molecule has 3 aliphatic rings. The van der Waals surface area contributed by atoms with Gasteiger partial charge in [0, 0.05) is 26.2 Å². The first-order valence-electron chi connectivity index (χ1n) is 17.5. The van der Waals surface area contributed by atoms with Crippen molar-refractivity contribution in [2.75, 3.05) is 26.2 Å². The standard InChI is InChI=1S/C33H65N2O2PS/c1-5-34(6-2)38(39,35(7-3)8-4)33-31(36-29-23-17-13-9-10-14-18-24-29)27-21-22-28-32(33)37-30-25-19-15-11-12-16-20-26-30/h29-33H,5-28H2,1-4H3. The molecule has 0 aromatic rings. The molecule has 0 aliphatic heterocycles. The fourth-order valence-corrected chi connectivity index (χ4v) is 14.0. The SMILES string of the molecule is CCN(CC)P(=S)(C1C(OC2CCCCCCCC2)CCCCC1OC1CCCCCCCC1)N(CC)CC. The molecule has 39 heavy (non-hydrogen) atoms. The minimum Gasteiger partial charge on any atom is -0.374 e. The van der Waals surface area contributed by atoms with Crippen LogP contribution in [-0.4, -0.2) is 65.6 Å². The lowest BCUT2D eigenvalue weighted by molar-refractivity contribution is -0.0742. The highest BCUT2D eigenvalue weighted by molar-refractivity contribution is 8.12. The van der Waals surface area contributed by atoms with Crippen molar-refractivity contribution in [3.05, 3.63) is 0 Å². The predicted octanol–water partition coefficient (Wildman–Crippen LogP) is 9.70. The summed E-state index contributed by atoms with van der Waals surface area (Å²) in [5.74, 6) is 0. The molecule has 0 aromatic carbocycles. The van der Waals surface area contributed by atoms with Crippen LogP contribution in [0.15, 0.2) is 0 Å². The Balaban J connectivity index is 1.97. The molecule has 0 saturated heterocycles. The average molecular weight is 585 g/mol. The van der Waals surface area contributed by atoms with Crippen LogP contribution in [0.25, 0.3) is 0 Å². The zero-order chi connectivity index (χ0) is 27.9. The Labute approximate surface area is 248 Å². The van der Waals surface area contributed by atoms with E-state index >= 15 is 0 Å². The Bertz CT molecular complexity index is 615. The number of rotatable bonds is 11. The summed E-state index contributed by atoms with van der Waals surface area (Å²) in [5.41, 5.74) is 0.301. The van der Waals surface area contributed by atoms with Gasteiger partial charge in [0.2, 0.25) is 0 Å². The zero-order valence-corrected chi connectivity index (χ0v) is 28.1. The van der Waals surface area contributed by atoms with Crippen LogP contribution in [0.1, 0.15) is 156 Å². The lowest BCUT2D eigenvalue weighted by Gasteiger charge is -2.51. The van der Waals surface area contributed by atoms with E-state index in [1.165, 1.54) is 116 Å². The minimum absolute atomic E-state index is 0.228. The van der Waals surface area contributed by atoms with Crippen LogP contribution in [0.2, 0.25) is 0 Å². The van der Waals surface area contributed by atoms with Crippen molar-refractivity contribution in [3.8, 4) is 0 Å². The molecule has 0 spiro atoms. The molecule has 3 aliphatic carbocycles. The van der Waals surface area contributed by atoms with E-state index in [0.717, 1.165) is 39.0 Å². The molecule has 3 rings (SSSR count). The summed E-state index contributed by atoms with van der Waals surface area (Å²) >= 11 is 7.05. The van der Waals surface area contributed by atoms with Crippen LogP contribution in [0.4, 0.5) is 0 Å². The van der Waals surface area contributed by atoms with Crippen molar-refractivity contribution >= 4 is 18.1 Å². The van der Waals surface area contributed by atoms with Gasteiger partial charge in [-0.2, -0.15) is 0 Å². The monoisotopic (exact) mass is 584 g/mol. The van der Waals surface area contributed by atoms with Gasteiger partial charge in [-0.15, -0.1) is 0 Å². The van der Waals surface area contributed by atoms with Crippen LogP contribution in [0, 0.1) is 0 Å². The smallest absolute Gasteiger partial charge is 0.0856 e. The quantitative estimate of drug-likeness (QED) is 0.178. The third-order valence-electron chi connectivity index (χ3n) is 9.99. The van der Waals surface area contributed by atoms with Crippen molar-refractivity contribution in [1.29, 1.82) is 0 Å². The van der Waals surface area contributed by atoms with E-state index in [9.17, 15) is 0 Å². The molecular weight excluding hydrogens is 519 g/mol. The third-order valence-corrected chi connectivity index (χ3v) is 16.3. The molecule has 230 valence electrons. The van der Waals surface area contributed by atoms with Gasteiger partial charge in [0.25, 0.3) is 0 Å². The van der Waals surface area contributed by atoms with Gasteiger partial charge in [0.1, 0.15) is 0 Å². The van der Waals surface area contributed by atoms with E-state index in [2.05, 4.69) is 37.0 Å². The Morgan fingerprint density at radius 2 is 0.769 bits per heavy atom. The molecule has 0 radical (unpaired) electrons. The Morgan fingerprint density at radius 1 is 0.487 bits per heavy atom. The van der Waals surface area contributed by atoms with E-state index in [1.807, 2.05) is 0 Å². The second-order valence-electron chi connectivity index (χ2n) is 12.6. The lowest BCUT2D eigenvalue weighted by Crippen LogP contribution is -2.49. The first-order valence-corrected chi connectivity index (χ1v) is 20.3. The highest BCUT2D eigenvalue weighted by atomic mass is 32.4. The maximum atomic E-state index is 7.35. The predicted molar refractivity (Wildman–Crippen MR) is 174 cm³/mol. The van der Waals surface area contributed by atoms with Crippen molar-refractivity contribution in [3.63, 3.8) is 0 Å². The second-order valence-corrected chi connectivity index (χ2v) is 17.2.